The Hall–Kier alpha value is -1.71. The van der Waals surface area contributed by atoms with Crippen LogP contribution in [-0.2, 0) is 24.4 Å². The van der Waals surface area contributed by atoms with E-state index in [1.807, 2.05) is 13.0 Å². The zero-order valence-corrected chi connectivity index (χ0v) is 19.2. The fourth-order valence-corrected chi connectivity index (χ4v) is 3.19. The minimum Gasteiger partial charge on any atom is -0.379 e. The van der Waals surface area contributed by atoms with E-state index >= 15 is 0 Å². The van der Waals surface area contributed by atoms with Gasteiger partial charge in [-0.05, 0) is 35.7 Å². The van der Waals surface area contributed by atoms with Crippen LogP contribution in [0.3, 0.4) is 0 Å². The number of guanidine groups is 1. The normalized spacial score (nSPS) is 14.9. The molecule has 0 aliphatic carbocycles. The lowest BCUT2D eigenvalue weighted by Crippen LogP contribution is -2.36. The Labute approximate surface area is 189 Å². The van der Waals surface area contributed by atoms with Gasteiger partial charge in [-0.15, -0.1) is 24.0 Å². The maximum atomic E-state index is 13.3. The minimum atomic E-state index is -0.224. The lowest BCUT2D eigenvalue weighted by atomic mass is 10.1. The van der Waals surface area contributed by atoms with Gasteiger partial charge in [0, 0.05) is 32.7 Å². The first-order valence-electron chi connectivity index (χ1n) is 9.87. The van der Waals surface area contributed by atoms with Gasteiger partial charge in [0.15, 0.2) is 5.96 Å². The van der Waals surface area contributed by atoms with Crippen LogP contribution in [0.25, 0.3) is 0 Å². The number of rotatable bonds is 7. The predicted octanol–water partition coefficient (Wildman–Crippen LogP) is 3.53. The molecule has 1 saturated heterocycles. The van der Waals surface area contributed by atoms with Crippen LogP contribution in [0.15, 0.2) is 53.5 Å². The van der Waals surface area contributed by atoms with Crippen LogP contribution in [0.4, 0.5) is 4.39 Å². The molecule has 3 rings (SSSR count). The van der Waals surface area contributed by atoms with E-state index < -0.39 is 0 Å². The van der Waals surface area contributed by atoms with Gasteiger partial charge >= 0.3 is 0 Å². The molecule has 0 spiro atoms. The Balaban J connectivity index is 0.00000300. The average molecular weight is 512 g/mol. The Morgan fingerprint density at radius 2 is 1.76 bits per heavy atom. The quantitative estimate of drug-likeness (QED) is 0.339. The maximum absolute atomic E-state index is 13.3. The lowest BCUT2D eigenvalue weighted by molar-refractivity contribution is 0.0342. The summed E-state index contributed by atoms with van der Waals surface area (Å²) >= 11 is 0. The highest BCUT2D eigenvalue weighted by atomic mass is 127. The van der Waals surface area contributed by atoms with Crippen molar-refractivity contribution in [2.75, 3.05) is 32.8 Å². The molecule has 0 saturated carbocycles. The van der Waals surface area contributed by atoms with Crippen molar-refractivity contribution >= 4 is 29.9 Å². The number of nitrogens with zero attached hydrogens (tertiary/aromatic N) is 2. The molecule has 0 unspecified atom stereocenters. The average Bonchev–Trinajstić information content (AvgIpc) is 2.71. The van der Waals surface area contributed by atoms with E-state index in [0.29, 0.717) is 13.1 Å². The molecular weight excluding hydrogens is 482 g/mol. The SMILES string of the molecule is CCNC(=NCc1cccc(CN2CCOCC2)c1)NCc1cccc(F)c1.I. The fourth-order valence-electron chi connectivity index (χ4n) is 3.19. The molecule has 1 aliphatic heterocycles. The van der Waals surface area contributed by atoms with E-state index in [9.17, 15) is 4.39 Å². The van der Waals surface area contributed by atoms with E-state index in [1.165, 1.54) is 23.3 Å². The monoisotopic (exact) mass is 512 g/mol. The van der Waals surface area contributed by atoms with Gasteiger partial charge in [-0.1, -0.05) is 36.4 Å². The van der Waals surface area contributed by atoms with Gasteiger partial charge in [0.05, 0.1) is 19.8 Å². The van der Waals surface area contributed by atoms with Crippen molar-refractivity contribution in [3.05, 3.63) is 71.0 Å². The van der Waals surface area contributed by atoms with E-state index in [0.717, 1.165) is 50.9 Å². The third-order valence-electron chi connectivity index (χ3n) is 4.61. The van der Waals surface area contributed by atoms with Crippen molar-refractivity contribution in [1.82, 2.24) is 15.5 Å². The molecule has 2 N–H and O–H groups in total. The number of halogens is 2. The largest absolute Gasteiger partial charge is 0.379 e. The number of morpholine rings is 1. The molecule has 0 radical (unpaired) electrons. The highest BCUT2D eigenvalue weighted by molar-refractivity contribution is 14.0. The van der Waals surface area contributed by atoms with Crippen LogP contribution < -0.4 is 10.6 Å². The Kier molecular flexibility index (Phi) is 10.4. The van der Waals surface area contributed by atoms with Crippen molar-refractivity contribution < 1.29 is 9.13 Å². The summed E-state index contributed by atoms with van der Waals surface area (Å²) in [5.41, 5.74) is 3.36. The first kappa shape index (κ1) is 23.6. The smallest absolute Gasteiger partial charge is 0.191 e. The Morgan fingerprint density at radius 1 is 1.03 bits per heavy atom. The zero-order chi connectivity index (χ0) is 19.6. The number of aliphatic imine (C=N–C) groups is 1. The molecule has 29 heavy (non-hydrogen) atoms. The molecule has 1 fully saturated rings. The highest BCUT2D eigenvalue weighted by Crippen LogP contribution is 2.11. The van der Waals surface area contributed by atoms with Crippen LogP contribution >= 0.6 is 24.0 Å². The second-order valence-corrected chi connectivity index (χ2v) is 6.89. The van der Waals surface area contributed by atoms with Crippen LogP contribution in [0, 0.1) is 5.82 Å². The number of hydrogen-bond acceptors (Lipinski definition) is 3. The molecule has 1 aliphatic rings. The maximum Gasteiger partial charge on any atom is 0.191 e. The lowest BCUT2D eigenvalue weighted by Gasteiger charge is -2.26. The second kappa shape index (κ2) is 12.8. The topological polar surface area (TPSA) is 48.9 Å². The second-order valence-electron chi connectivity index (χ2n) is 6.89. The van der Waals surface area contributed by atoms with Gasteiger partial charge in [0.25, 0.3) is 0 Å². The number of hydrogen-bond donors (Lipinski definition) is 2. The van der Waals surface area contributed by atoms with Crippen molar-refractivity contribution in [2.24, 2.45) is 4.99 Å². The molecule has 1 heterocycles. The molecule has 0 amide bonds. The van der Waals surface area contributed by atoms with Crippen molar-refractivity contribution in [3.8, 4) is 0 Å². The predicted molar refractivity (Wildman–Crippen MR) is 126 cm³/mol. The third-order valence-corrected chi connectivity index (χ3v) is 4.61. The summed E-state index contributed by atoms with van der Waals surface area (Å²) in [4.78, 5) is 7.09. The standard InChI is InChI=1S/C22H29FN4O.HI/c1-2-24-22(26-16-19-6-4-8-21(23)14-19)25-15-18-5-3-7-20(13-18)17-27-9-11-28-12-10-27;/h3-8,13-14H,2,9-12,15-17H2,1H3,(H2,24,25,26);1H. The van der Waals surface area contributed by atoms with Gasteiger partial charge in [-0.3, -0.25) is 4.90 Å². The van der Waals surface area contributed by atoms with Crippen LogP contribution in [0.2, 0.25) is 0 Å². The van der Waals surface area contributed by atoms with Crippen molar-refractivity contribution in [3.63, 3.8) is 0 Å². The molecule has 158 valence electrons. The van der Waals surface area contributed by atoms with Gasteiger partial charge in [-0.2, -0.15) is 0 Å². The van der Waals surface area contributed by atoms with Gasteiger partial charge in [0.1, 0.15) is 5.82 Å². The summed E-state index contributed by atoms with van der Waals surface area (Å²) < 4.78 is 18.7. The molecule has 5 nitrogen and oxygen atoms in total. The van der Waals surface area contributed by atoms with Crippen LogP contribution in [0.5, 0.6) is 0 Å². The summed E-state index contributed by atoms with van der Waals surface area (Å²) in [6.45, 7) is 8.46. The molecular formula is C22H30FIN4O. The number of benzene rings is 2. The van der Waals surface area contributed by atoms with Crippen molar-refractivity contribution in [2.45, 2.75) is 26.6 Å². The van der Waals surface area contributed by atoms with E-state index in [1.54, 1.807) is 6.07 Å². The first-order valence-corrected chi connectivity index (χ1v) is 9.87. The molecule has 0 bridgehead atoms. The van der Waals surface area contributed by atoms with E-state index in [-0.39, 0.29) is 29.8 Å². The molecule has 2 aromatic rings. The summed E-state index contributed by atoms with van der Waals surface area (Å²) in [5.74, 6) is 0.503. The van der Waals surface area contributed by atoms with Gasteiger partial charge in [-0.25, -0.2) is 9.38 Å². The van der Waals surface area contributed by atoms with Gasteiger partial charge in [0.2, 0.25) is 0 Å². The Morgan fingerprint density at radius 3 is 2.52 bits per heavy atom. The highest BCUT2D eigenvalue weighted by Gasteiger charge is 2.10. The molecule has 2 aromatic carbocycles. The fraction of sp³-hybridized carbons (Fsp3) is 0.409. The zero-order valence-electron chi connectivity index (χ0n) is 16.9. The summed E-state index contributed by atoms with van der Waals surface area (Å²) in [7, 11) is 0. The van der Waals surface area contributed by atoms with Crippen LogP contribution in [-0.4, -0.2) is 43.7 Å². The summed E-state index contributed by atoms with van der Waals surface area (Å²) in [6.07, 6.45) is 0. The van der Waals surface area contributed by atoms with Crippen LogP contribution in [0.1, 0.15) is 23.6 Å². The molecule has 0 atom stereocenters. The number of nitrogens with one attached hydrogen (secondary N) is 2. The third kappa shape index (κ3) is 8.28. The minimum absolute atomic E-state index is 0. The summed E-state index contributed by atoms with van der Waals surface area (Å²) in [5, 5.41) is 6.51. The van der Waals surface area contributed by atoms with E-state index in [2.05, 4.69) is 44.8 Å². The van der Waals surface area contributed by atoms with Crippen molar-refractivity contribution in [1.29, 1.82) is 0 Å². The van der Waals surface area contributed by atoms with E-state index in [4.69, 9.17) is 4.74 Å². The summed E-state index contributed by atoms with van der Waals surface area (Å²) in [6, 6.07) is 15.2. The molecule has 7 heteroatoms. The first-order chi connectivity index (χ1) is 13.7. The number of ether oxygens (including phenoxy) is 1. The van der Waals surface area contributed by atoms with Gasteiger partial charge < -0.3 is 15.4 Å². The Bertz CT molecular complexity index is 781. The molecule has 0 aromatic heterocycles.